The van der Waals surface area contributed by atoms with Crippen LogP contribution in [0.3, 0.4) is 0 Å². The minimum atomic E-state index is -0.757. The summed E-state index contributed by atoms with van der Waals surface area (Å²) in [6, 6.07) is 13.2. The molecule has 33 heavy (non-hydrogen) atoms. The van der Waals surface area contributed by atoms with Crippen molar-refractivity contribution in [3.8, 4) is 0 Å². The summed E-state index contributed by atoms with van der Waals surface area (Å²) < 4.78 is 14.2. The Morgan fingerprint density at radius 2 is 1.64 bits per heavy atom. The molecule has 2 aliphatic heterocycles. The summed E-state index contributed by atoms with van der Waals surface area (Å²) in [4.78, 5) is 45.3. The Morgan fingerprint density at radius 3 is 2.24 bits per heavy atom. The van der Waals surface area contributed by atoms with Crippen molar-refractivity contribution in [2.75, 3.05) is 27.2 Å². The van der Waals surface area contributed by atoms with Crippen LogP contribution < -0.4 is 0 Å². The van der Waals surface area contributed by atoms with E-state index in [1.807, 2.05) is 36.9 Å². The van der Waals surface area contributed by atoms with Gasteiger partial charge in [0.2, 0.25) is 5.91 Å². The molecule has 3 amide bonds. The molecular weight excluding hydrogens is 421 g/mol. The van der Waals surface area contributed by atoms with E-state index in [4.69, 9.17) is 0 Å². The van der Waals surface area contributed by atoms with Crippen molar-refractivity contribution in [1.82, 2.24) is 14.7 Å². The molecule has 2 aliphatic rings. The molecule has 2 heterocycles. The van der Waals surface area contributed by atoms with E-state index < -0.39 is 17.3 Å². The zero-order valence-corrected chi connectivity index (χ0v) is 19.5. The van der Waals surface area contributed by atoms with Crippen LogP contribution in [0, 0.1) is 5.82 Å². The maximum absolute atomic E-state index is 14.2. The van der Waals surface area contributed by atoms with Crippen LogP contribution in [-0.4, -0.2) is 71.2 Å². The highest BCUT2D eigenvalue weighted by molar-refractivity contribution is 6.02. The number of rotatable bonds is 3. The highest BCUT2D eigenvalue weighted by Gasteiger charge is 2.56. The smallest absolute Gasteiger partial charge is 0.256 e. The van der Waals surface area contributed by atoms with Crippen LogP contribution in [0.5, 0.6) is 0 Å². The second-order valence-electron chi connectivity index (χ2n) is 9.40. The fourth-order valence-corrected chi connectivity index (χ4v) is 5.51. The molecule has 1 saturated heterocycles. The molecule has 1 atom stereocenters. The second kappa shape index (κ2) is 8.61. The van der Waals surface area contributed by atoms with Crippen molar-refractivity contribution in [3.05, 3.63) is 71.0 Å². The molecule has 0 N–H and O–H groups in total. The number of carbonyl (C=O) groups excluding carboxylic acids is 3. The zero-order valence-electron chi connectivity index (χ0n) is 19.5. The summed E-state index contributed by atoms with van der Waals surface area (Å²) in [5, 5.41) is 0. The Hall–Kier alpha value is -3.22. The van der Waals surface area contributed by atoms with Gasteiger partial charge in [0.05, 0.1) is 17.0 Å². The summed E-state index contributed by atoms with van der Waals surface area (Å²) in [5.74, 6) is -1.59. The number of likely N-dealkylation sites (tertiary alicyclic amines) is 1. The molecule has 0 aliphatic carbocycles. The third-order valence-electron chi connectivity index (χ3n) is 6.96. The quantitative estimate of drug-likeness (QED) is 0.717. The van der Waals surface area contributed by atoms with Crippen molar-refractivity contribution >= 4 is 17.7 Å². The standard InChI is InChI=1S/C26H30FN3O3/c1-17(2)30-24(32)19-10-6-5-9-18(19)22(25(33)28(3)4)26(30)13-15-29(16-14-26)23(31)20-11-7-8-12-21(20)27/h5-12,17,22H,13-16H2,1-4H3. The highest BCUT2D eigenvalue weighted by atomic mass is 19.1. The number of hydrogen-bond donors (Lipinski definition) is 0. The highest BCUT2D eigenvalue weighted by Crippen LogP contribution is 2.48. The van der Waals surface area contributed by atoms with E-state index in [-0.39, 0.29) is 29.3 Å². The van der Waals surface area contributed by atoms with Gasteiger partial charge in [0.15, 0.2) is 0 Å². The predicted octanol–water partition coefficient (Wildman–Crippen LogP) is 3.54. The van der Waals surface area contributed by atoms with Crippen LogP contribution in [0.2, 0.25) is 0 Å². The van der Waals surface area contributed by atoms with Crippen LogP contribution in [0.25, 0.3) is 0 Å². The number of carbonyl (C=O) groups is 3. The lowest BCUT2D eigenvalue weighted by molar-refractivity contribution is -0.136. The molecule has 0 radical (unpaired) electrons. The van der Waals surface area contributed by atoms with Crippen LogP contribution in [0.1, 0.15) is 58.9 Å². The average molecular weight is 452 g/mol. The second-order valence-corrected chi connectivity index (χ2v) is 9.40. The summed E-state index contributed by atoms with van der Waals surface area (Å²) in [6.07, 6.45) is 0.880. The summed E-state index contributed by atoms with van der Waals surface area (Å²) in [6.45, 7) is 4.59. The van der Waals surface area contributed by atoms with Gasteiger partial charge in [0.25, 0.3) is 11.8 Å². The molecule has 1 unspecified atom stereocenters. The van der Waals surface area contributed by atoms with Gasteiger partial charge in [-0.3, -0.25) is 14.4 Å². The molecule has 1 fully saturated rings. The van der Waals surface area contributed by atoms with Gasteiger partial charge >= 0.3 is 0 Å². The topological polar surface area (TPSA) is 60.9 Å². The number of nitrogens with zero attached hydrogens (tertiary/aromatic N) is 3. The third kappa shape index (κ3) is 3.69. The van der Waals surface area contributed by atoms with Gasteiger partial charge in [-0.15, -0.1) is 0 Å². The van der Waals surface area contributed by atoms with Gasteiger partial charge in [-0.2, -0.15) is 0 Å². The lowest BCUT2D eigenvalue weighted by Gasteiger charge is -2.56. The van der Waals surface area contributed by atoms with Crippen molar-refractivity contribution in [1.29, 1.82) is 0 Å². The zero-order chi connectivity index (χ0) is 23.9. The Kier molecular flexibility index (Phi) is 5.99. The first kappa shape index (κ1) is 23.0. The Balaban J connectivity index is 1.75. The van der Waals surface area contributed by atoms with Crippen LogP contribution in [-0.2, 0) is 4.79 Å². The van der Waals surface area contributed by atoms with Crippen molar-refractivity contribution in [2.45, 2.75) is 44.2 Å². The van der Waals surface area contributed by atoms with Gasteiger partial charge < -0.3 is 14.7 Å². The van der Waals surface area contributed by atoms with Gasteiger partial charge in [-0.05, 0) is 50.5 Å². The van der Waals surface area contributed by atoms with Gasteiger partial charge in [0, 0.05) is 38.8 Å². The largest absolute Gasteiger partial charge is 0.348 e. The maximum Gasteiger partial charge on any atom is 0.256 e. The Bertz CT molecular complexity index is 1090. The molecule has 1 spiro atoms. The van der Waals surface area contributed by atoms with Gasteiger partial charge in [-0.1, -0.05) is 30.3 Å². The van der Waals surface area contributed by atoms with Crippen molar-refractivity contribution in [2.24, 2.45) is 0 Å². The van der Waals surface area contributed by atoms with Gasteiger partial charge in [-0.25, -0.2) is 4.39 Å². The molecule has 4 rings (SSSR count). The van der Waals surface area contributed by atoms with Crippen LogP contribution in [0.15, 0.2) is 48.5 Å². The maximum atomic E-state index is 14.2. The van der Waals surface area contributed by atoms with E-state index in [0.717, 1.165) is 5.56 Å². The lowest BCUT2D eigenvalue weighted by atomic mass is 9.66. The summed E-state index contributed by atoms with van der Waals surface area (Å²) in [5.41, 5.74) is 0.585. The number of likely N-dealkylation sites (N-methyl/N-ethyl adjacent to an activating group) is 1. The predicted molar refractivity (Wildman–Crippen MR) is 123 cm³/mol. The third-order valence-corrected chi connectivity index (χ3v) is 6.96. The van der Waals surface area contributed by atoms with E-state index >= 15 is 0 Å². The first-order valence-corrected chi connectivity index (χ1v) is 11.4. The first-order chi connectivity index (χ1) is 15.7. The van der Waals surface area contributed by atoms with Crippen LogP contribution >= 0.6 is 0 Å². The molecule has 2 aromatic rings. The van der Waals surface area contributed by atoms with E-state index in [0.29, 0.717) is 31.5 Å². The van der Waals surface area contributed by atoms with Crippen molar-refractivity contribution < 1.29 is 18.8 Å². The molecule has 2 aromatic carbocycles. The van der Waals surface area contributed by atoms with Crippen LogP contribution in [0.4, 0.5) is 4.39 Å². The van der Waals surface area contributed by atoms with E-state index in [2.05, 4.69) is 0 Å². The first-order valence-electron chi connectivity index (χ1n) is 11.4. The average Bonchev–Trinajstić information content (AvgIpc) is 2.79. The summed E-state index contributed by atoms with van der Waals surface area (Å²) in [7, 11) is 3.46. The van der Waals surface area contributed by atoms with E-state index in [1.165, 1.54) is 12.1 Å². The SMILES string of the molecule is CC(C)N1C(=O)c2ccccc2C(C(=O)N(C)C)C12CCN(C(=O)c1ccccc1F)CC2. The molecule has 7 heteroatoms. The Labute approximate surface area is 194 Å². The number of hydrogen-bond acceptors (Lipinski definition) is 3. The number of fused-ring (bicyclic) bond motifs is 1. The van der Waals surface area contributed by atoms with Gasteiger partial charge in [0.1, 0.15) is 5.82 Å². The molecule has 0 aromatic heterocycles. The normalized spacial score (nSPS) is 19.6. The molecular formula is C26H30FN3O3. The fourth-order valence-electron chi connectivity index (χ4n) is 5.51. The number of benzene rings is 2. The molecule has 6 nitrogen and oxygen atoms in total. The summed E-state index contributed by atoms with van der Waals surface area (Å²) >= 11 is 0. The minimum absolute atomic E-state index is 0.0418. The van der Waals surface area contributed by atoms with E-state index in [1.54, 1.807) is 42.1 Å². The number of amides is 3. The van der Waals surface area contributed by atoms with E-state index in [9.17, 15) is 18.8 Å². The Morgan fingerprint density at radius 1 is 1.03 bits per heavy atom. The van der Waals surface area contributed by atoms with Crippen molar-refractivity contribution in [3.63, 3.8) is 0 Å². The molecule has 0 saturated carbocycles. The fraction of sp³-hybridized carbons (Fsp3) is 0.423. The minimum Gasteiger partial charge on any atom is -0.348 e. The lowest BCUT2D eigenvalue weighted by Crippen LogP contribution is -2.67. The monoisotopic (exact) mass is 451 g/mol. The molecule has 0 bridgehead atoms. The number of halogens is 1. The molecule has 174 valence electrons. The number of piperidine rings is 1.